The van der Waals surface area contributed by atoms with Crippen molar-refractivity contribution < 1.29 is 4.79 Å². The van der Waals surface area contributed by atoms with E-state index in [0.29, 0.717) is 17.5 Å². The van der Waals surface area contributed by atoms with Crippen molar-refractivity contribution in [1.29, 1.82) is 0 Å². The number of rotatable bonds is 5. The molecule has 0 unspecified atom stereocenters. The molecule has 0 saturated heterocycles. The Kier molecular flexibility index (Phi) is 5.24. The third kappa shape index (κ3) is 3.56. The fraction of sp³-hybridized carbons (Fsp3) is 0.308. The fourth-order valence-electron chi connectivity index (χ4n) is 1.71. The highest BCUT2D eigenvalue weighted by molar-refractivity contribution is 9.10. The first-order valence-electron chi connectivity index (χ1n) is 6.44. The van der Waals surface area contributed by atoms with E-state index in [1.807, 2.05) is 38.1 Å². The molecule has 0 aliphatic rings. The molecule has 0 bridgehead atoms. The zero-order chi connectivity index (χ0) is 15.4. The van der Waals surface area contributed by atoms with Crippen molar-refractivity contribution in [3.8, 4) is 11.4 Å². The third-order valence-electron chi connectivity index (χ3n) is 2.78. The van der Waals surface area contributed by atoms with Crippen LogP contribution in [0.4, 0.5) is 0 Å². The van der Waals surface area contributed by atoms with Crippen LogP contribution in [0.5, 0.6) is 0 Å². The second-order valence-corrected chi connectivity index (χ2v) is 6.47. The number of hydrogen-bond donors (Lipinski definition) is 2. The maximum absolute atomic E-state index is 11.8. The van der Waals surface area contributed by atoms with Crippen LogP contribution in [0, 0.1) is 0 Å². The van der Waals surface area contributed by atoms with Crippen LogP contribution >= 0.6 is 27.7 Å². The molecular formula is C13H16BrN5OS. The molecule has 8 heteroatoms. The van der Waals surface area contributed by atoms with E-state index >= 15 is 0 Å². The molecule has 112 valence electrons. The Balaban J connectivity index is 2.22. The maximum Gasteiger partial charge on any atom is 0.233 e. The second-order valence-electron chi connectivity index (χ2n) is 4.31. The summed E-state index contributed by atoms with van der Waals surface area (Å²) in [6, 6.07) is 7.63. The summed E-state index contributed by atoms with van der Waals surface area (Å²) in [7, 11) is 0. The molecule has 2 aromatic rings. The molecule has 6 nitrogen and oxygen atoms in total. The van der Waals surface area contributed by atoms with Crippen LogP contribution in [0.25, 0.3) is 11.4 Å². The molecule has 0 saturated carbocycles. The van der Waals surface area contributed by atoms with Crippen molar-refractivity contribution in [3.05, 3.63) is 28.7 Å². The van der Waals surface area contributed by atoms with Crippen molar-refractivity contribution in [2.24, 2.45) is 0 Å². The van der Waals surface area contributed by atoms with E-state index < -0.39 is 0 Å². The lowest BCUT2D eigenvalue weighted by Crippen LogP contribution is -2.31. The predicted octanol–water partition coefficient (Wildman–Crippen LogP) is 2.04. The largest absolute Gasteiger partial charge is 0.355 e. The van der Waals surface area contributed by atoms with Crippen LogP contribution in [-0.2, 0) is 4.79 Å². The number of carbonyl (C=O) groups is 1. The van der Waals surface area contributed by atoms with Crippen LogP contribution in [0.2, 0.25) is 0 Å². The minimum Gasteiger partial charge on any atom is -0.355 e. The SMILES string of the molecule is CCNC(=O)[C@H](C)Sc1nnc(-c2ccccc2Br)n1N. The van der Waals surface area contributed by atoms with Crippen LogP contribution in [0.1, 0.15) is 13.8 Å². The molecule has 2 rings (SSSR count). The van der Waals surface area contributed by atoms with Gasteiger partial charge in [0.2, 0.25) is 11.1 Å². The zero-order valence-corrected chi connectivity index (χ0v) is 14.1. The summed E-state index contributed by atoms with van der Waals surface area (Å²) >= 11 is 4.74. The van der Waals surface area contributed by atoms with E-state index in [9.17, 15) is 4.79 Å². The topological polar surface area (TPSA) is 85.8 Å². The minimum absolute atomic E-state index is 0.0482. The van der Waals surface area contributed by atoms with Crippen LogP contribution in [0.15, 0.2) is 33.9 Å². The Hall–Kier alpha value is -1.54. The number of hydrogen-bond acceptors (Lipinski definition) is 5. The molecule has 1 atom stereocenters. The summed E-state index contributed by atoms with van der Waals surface area (Å²) in [6.45, 7) is 4.29. The zero-order valence-electron chi connectivity index (χ0n) is 11.7. The Morgan fingerprint density at radius 1 is 1.48 bits per heavy atom. The lowest BCUT2D eigenvalue weighted by atomic mass is 10.2. The van der Waals surface area contributed by atoms with Crippen LogP contribution in [0.3, 0.4) is 0 Å². The summed E-state index contributed by atoms with van der Waals surface area (Å²) in [6.07, 6.45) is 0. The van der Waals surface area contributed by atoms with Gasteiger partial charge in [0.15, 0.2) is 5.82 Å². The number of carbonyl (C=O) groups excluding carboxylic acids is 1. The van der Waals surface area contributed by atoms with Gasteiger partial charge in [-0.05, 0) is 26.0 Å². The Morgan fingerprint density at radius 3 is 2.86 bits per heavy atom. The van der Waals surface area contributed by atoms with E-state index in [4.69, 9.17) is 5.84 Å². The van der Waals surface area contributed by atoms with E-state index in [-0.39, 0.29) is 11.2 Å². The number of halogens is 1. The van der Waals surface area contributed by atoms with Gasteiger partial charge in [0.1, 0.15) is 0 Å². The van der Waals surface area contributed by atoms with Gasteiger partial charge >= 0.3 is 0 Å². The quantitative estimate of drug-likeness (QED) is 0.622. The number of aromatic nitrogens is 3. The van der Waals surface area contributed by atoms with Gasteiger partial charge < -0.3 is 11.2 Å². The molecule has 1 aromatic heterocycles. The second kappa shape index (κ2) is 6.95. The monoisotopic (exact) mass is 369 g/mol. The van der Waals surface area contributed by atoms with Crippen molar-refractivity contribution in [1.82, 2.24) is 20.2 Å². The van der Waals surface area contributed by atoms with Gasteiger partial charge in [0.25, 0.3) is 0 Å². The van der Waals surface area contributed by atoms with E-state index in [2.05, 4.69) is 31.4 Å². The van der Waals surface area contributed by atoms with Gasteiger partial charge in [0, 0.05) is 16.6 Å². The number of nitrogens with two attached hydrogens (primary N) is 1. The molecule has 0 radical (unpaired) electrons. The Bertz CT molecular complexity index is 645. The lowest BCUT2D eigenvalue weighted by Gasteiger charge is -2.10. The first-order valence-corrected chi connectivity index (χ1v) is 8.11. The van der Waals surface area contributed by atoms with Crippen molar-refractivity contribution in [2.45, 2.75) is 24.3 Å². The molecule has 21 heavy (non-hydrogen) atoms. The lowest BCUT2D eigenvalue weighted by molar-refractivity contribution is -0.120. The summed E-state index contributed by atoms with van der Waals surface area (Å²) in [5.74, 6) is 6.55. The van der Waals surface area contributed by atoms with Crippen molar-refractivity contribution in [3.63, 3.8) is 0 Å². The number of nitrogens with zero attached hydrogens (tertiary/aromatic N) is 3. The predicted molar refractivity (Wildman–Crippen MR) is 87.3 cm³/mol. The van der Waals surface area contributed by atoms with E-state index in [1.54, 1.807) is 0 Å². The highest BCUT2D eigenvalue weighted by Gasteiger charge is 2.20. The van der Waals surface area contributed by atoms with E-state index in [0.717, 1.165) is 10.0 Å². The van der Waals surface area contributed by atoms with Gasteiger partial charge in [-0.2, -0.15) is 0 Å². The molecule has 1 heterocycles. The summed E-state index contributed by atoms with van der Waals surface area (Å²) in [4.78, 5) is 11.8. The molecule has 0 fully saturated rings. The average molecular weight is 370 g/mol. The fourth-order valence-corrected chi connectivity index (χ4v) is 2.97. The maximum atomic E-state index is 11.8. The van der Waals surface area contributed by atoms with Gasteiger partial charge in [0.05, 0.1) is 5.25 Å². The molecule has 0 aliphatic carbocycles. The summed E-state index contributed by atoms with van der Waals surface area (Å²) in [5.41, 5.74) is 0.852. The average Bonchev–Trinajstić information content (AvgIpc) is 2.81. The number of amides is 1. The molecular weight excluding hydrogens is 354 g/mol. The molecule has 3 N–H and O–H groups in total. The number of nitrogen functional groups attached to an aromatic ring is 1. The van der Waals surface area contributed by atoms with Crippen molar-refractivity contribution >= 4 is 33.6 Å². The van der Waals surface area contributed by atoms with Crippen molar-refractivity contribution in [2.75, 3.05) is 12.4 Å². The molecule has 0 aliphatic heterocycles. The molecule has 1 aromatic carbocycles. The Morgan fingerprint density at radius 2 is 2.19 bits per heavy atom. The normalized spacial score (nSPS) is 12.1. The van der Waals surface area contributed by atoms with Gasteiger partial charge in [-0.25, -0.2) is 4.68 Å². The standard InChI is InChI=1S/C13H16BrN5OS/c1-3-16-12(20)8(2)21-13-18-17-11(19(13)15)9-6-4-5-7-10(9)14/h4-8H,3,15H2,1-2H3,(H,16,20)/t8-/m0/s1. The first-order chi connectivity index (χ1) is 10.0. The molecule has 1 amide bonds. The number of benzene rings is 1. The van der Waals surface area contributed by atoms with Crippen LogP contribution in [-0.4, -0.2) is 32.6 Å². The number of nitrogens with one attached hydrogen (secondary N) is 1. The highest BCUT2D eigenvalue weighted by atomic mass is 79.9. The smallest absolute Gasteiger partial charge is 0.233 e. The highest BCUT2D eigenvalue weighted by Crippen LogP contribution is 2.29. The van der Waals surface area contributed by atoms with Gasteiger partial charge in [-0.15, -0.1) is 10.2 Å². The van der Waals surface area contributed by atoms with E-state index in [1.165, 1.54) is 16.4 Å². The third-order valence-corrected chi connectivity index (χ3v) is 4.53. The number of thioether (sulfide) groups is 1. The summed E-state index contributed by atoms with van der Waals surface area (Å²) in [5, 5.41) is 11.2. The van der Waals surface area contributed by atoms with Crippen LogP contribution < -0.4 is 11.2 Å². The minimum atomic E-state index is -0.288. The summed E-state index contributed by atoms with van der Waals surface area (Å²) < 4.78 is 2.29. The first kappa shape index (κ1) is 15.8. The molecule has 0 spiro atoms. The van der Waals surface area contributed by atoms with Gasteiger partial charge in [-0.3, -0.25) is 4.79 Å². The Labute approximate surface area is 135 Å². The van der Waals surface area contributed by atoms with Gasteiger partial charge in [-0.1, -0.05) is 39.8 Å².